The maximum absolute atomic E-state index is 12.9. The number of carbonyl (C=O) groups excluding carboxylic acids is 1. The Hall–Kier alpha value is -1.42. The Balaban J connectivity index is 2.60. The van der Waals surface area contributed by atoms with E-state index in [1.807, 2.05) is 27.7 Å². The zero-order valence-electron chi connectivity index (χ0n) is 12.1. The van der Waals surface area contributed by atoms with E-state index >= 15 is 0 Å². The highest BCUT2D eigenvalue weighted by Crippen LogP contribution is 2.22. The van der Waals surface area contributed by atoms with Crippen molar-refractivity contribution in [2.45, 2.75) is 45.1 Å². The molecular formula is C15H23FN2O. The van der Waals surface area contributed by atoms with E-state index in [1.165, 1.54) is 12.1 Å². The summed E-state index contributed by atoms with van der Waals surface area (Å²) in [5.74, 6) is -0.323. The van der Waals surface area contributed by atoms with Crippen LogP contribution in [0.15, 0.2) is 24.3 Å². The highest BCUT2D eigenvalue weighted by atomic mass is 19.1. The van der Waals surface area contributed by atoms with Gasteiger partial charge >= 0.3 is 0 Å². The monoisotopic (exact) mass is 266 g/mol. The van der Waals surface area contributed by atoms with Gasteiger partial charge in [-0.15, -0.1) is 0 Å². The molecule has 0 bridgehead atoms. The number of hydrogen-bond acceptors (Lipinski definition) is 2. The number of hydrogen-bond donors (Lipinski definition) is 2. The average molecular weight is 266 g/mol. The molecule has 106 valence electrons. The molecule has 0 saturated carbocycles. The van der Waals surface area contributed by atoms with Gasteiger partial charge in [0.05, 0.1) is 0 Å². The fourth-order valence-electron chi connectivity index (χ4n) is 1.80. The number of nitrogens with two attached hydrogens (primary N) is 1. The number of halogens is 1. The van der Waals surface area contributed by atoms with Gasteiger partial charge in [0.2, 0.25) is 5.91 Å². The molecule has 0 saturated heterocycles. The first-order valence-corrected chi connectivity index (χ1v) is 6.42. The average Bonchev–Trinajstić information content (AvgIpc) is 2.25. The van der Waals surface area contributed by atoms with E-state index in [4.69, 9.17) is 5.73 Å². The molecule has 4 heteroatoms. The molecule has 0 atom stereocenters. The van der Waals surface area contributed by atoms with Gasteiger partial charge in [-0.25, -0.2) is 4.39 Å². The standard InChI is InChI=1S/C15H23FN2O/c1-14(2,11-5-7-12(16)8-6-11)10-18-13(19)9-15(3,4)17/h5-8H,9-10,17H2,1-4H3,(H,18,19). The van der Waals surface area contributed by atoms with Gasteiger partial charge in [-0.3, -0.25) is 4.79 Å². The van der Waals surface area contributed by atoms with Crippen molar-refractivity contribution in [1.29, 1.82) is 0 Å². The molecule has 0 aliphatic rings. The number of rotatable bonds is 5. The second kappa shape index (κ2) is 5.70. The number of amides is 1. The summed E-state index contributed by atoms with van der Waals surface area (Å²) in [5.41, 5.74) is 6.03. The zero-order chi connectivity index (χ0) is 14.7. The van der Waals surface area contributed by atoms with Gasteiger partial charge in [0.25, 0.3) is 0 Å². The summed E-state index contributed by atoms with van der Waals surface area (Å²) in [4.78, 5) is 11.7. The van der Waals surface area contributed by atoms with Crippen LogP contribution in [0, 0.1) is 5.82 Å². The Morgan fingerprint density at radius 3 is 2.21 bits per heavy atom. The fourth-order valence-corrected chi connectivity index (χ4v) is 1.80. The molecule has 3 N–H and O–H groups in total. The molecule has 0 fully saturated rings. The van der Waals surface area contributed by atoms with Crippen LogP contribution in [0.1, 0.15) is 39.7 Å². The zero-order valence-corrected chi connectivity index (χ0v) is 12.1. The molecule has 1 aromatic rings. The van der Waals surface area contributed by atoms with Gasteiger partial charge in [0.1, 0.15) is 5.82 Å². The van der Waals surface area contributed by atoms with Crippen molar-refractivity contribution in [1.82, 2.24) is 5.32 Å². The maximum Gasteiger partial charge on any atom is 0.221 e. The normalized spacial score (nSPS) is 12.3. The largest absolute Gasteiger partial charge is 0.355 e. The quantitative estimate of drug-likeness (QED) is 0.859. The summed E-state index contributed by atoms with van der Waals surface area (Å²) in [6, 6.07) is 6.35. The predicted octanol–water partition coefficient (Wildman–Crippen LogP) is 2.35. The molecule has 1 amide bonds. The first kappa shape index (κ1) is 15.6. The molecule has 3 nitrogen and oxygen atoms in total. The van der Waals surface area contributed by atoms with Crippen LogP contribution in [0.25, 0.3) is 0 Å². The van der Waals surface area contributed by atoms with Gasteiger partial charge in [-0.2, -0.15) is 0 Å². The van der Waals surface area contributed by atoms with E-state index in [-0.39, 0.29) is 23.6 Å². The van der Waals surface area contributed by atoms with Crippen molar-refractivity contribution in [2.24, 2.45) is 5.73 Å². The second-order valence-electron chi connectivity index (χ2n) is 6.33. The van der Waals surface area contributed by atoms with Crippen molar-refractivity contribution < 1.29 is 9.18 Å². The number of benzene rings is 1. The summed E-state index contributed by atoms with van der Waals surface area (Å²) >= 11 is 0. The Morgan fingerprint density at radius 1 is 1.21 bits per heavy atom. The van der Waals surface area contributed by atoms with Crippen molar-refractivity contribution >= 4 is 5.91 Å². The summed E-state index contributed by atoms with van der Waals surface area (Å²) < 4.78 is 12.9. The summed E-state index contributed by atoms with van der Waals surface area (Å²) in [6.07, 6.45) is 0.284. The number of nitrogens with one attached hydrogen (secondary N) is 1. The smallest absolute Gasteiger partial charge is 0.221 e. The van der Waals surface area contributed by atoms with Gasteiger partial charge < -0.3 is 11.1 Å². The lowest BCUT2D eigenvalue weighted by atomic mass is 9.84. The highest BCUT2D eigenvalue weighted by Gasteiger charge is 2.23. The molecule has 0 aliphatic heterocycles. The van der Waals surface area contributed by atoms with Crippen molar-refractivity contribution in [2.75, 3.05) is 6.54 Å². The van der Waals surface area contributed by atoms with Gasteiger partial charge in [0, 0.05) is 23.9 Å². The van der Waals surface area contributed by atoms with Crippen LogP contribution < -0.4 is 11.1 Å². The van der Waals surface area contributed by atoms with Crippen LogP contribution in [0.2, 0.25) is 0 Å². The van der Waals surface area contributed by atoms with Crippen LogP contribution in [0.5, 0.6) is 0 Å². The van der Waals surface area contributed by atoms with Crippen LogP contribution in [0.3, 0.4) is 0 Å². The lowest BCUT2D eigenvalue weighted by Gasteiger charge is -2.26. The lowest BCUT2D eigenvalue weighted by Crippen LogP contribution is -2.42. The minimum Gasteiger partial charge on any atom is -0.355 e. The molecule has 0 spiro atoms. The number of carbonyl (C=O) groups is 1. The molecule has 0 radical (unpaired) electrons. The fraction of sp³-hybridized carbons (Fsp3) is 0.533. The molecule has 0 aromatic heterocycles. The van der Waals surface area contributed by atoms with Crippen LogP contribution in [-0.2, 0) is 10.2 Å². The molecule has 1 aromatic carbocycles. The van der Waals surface area contributed by atoms with E-state index in [0.717, 1.165) is 5.56 Å². The molecule has 0 aliphatic carbocycles. The van der Waals surface area contributed by atoms with Crippen LogP contribution in [0.4, 0.5) is 4.39 Å². The summed E-state index contributed by atoms with van der Waals surface area (Å²) in [7, 11) is 0. The Kier molecular flexibility index (Phi) is 4.69. The van der Waals surface area contributed by atoms with Crippen molar-refractivity contribution in [3.05, 3.63) is 35.6 Å². The van der Waals surface area contributed by atoms with Crippen LogP contribution >= 0.6 is 0 Å². The van der Waals surface area contributed by atoms with E-state index < -0.39 is 5.54 Å². The molecular weight excluding hydrogens is 243 g/mol. The summed E-state index contributed by atoms with van der Waals surface area (Å²) in [5, 5.41) is 2.88. The Labute approximate surface area is 114 Å². The molecule has 0 unspecified atom stereocenters. The van der Waals surface area contributed by atoms with Crippen molar-refractivity contribution in [3.63, 3.8) is 0 Å². The van der Waals surface area contributed by atoms with E-state index in [2.05, 4.69) is 5.32 Å². The van der Waals surface area contributed by atoms with Gasteiger partial charge in [-0.1, -0.05) is 26.0 Å². The molecule has 0 heterocycles. The Bertz CT molecular complexity index is 432. The SMILES string of the molecule is CC(C)(N)CC(=O)NCC(C)(C)c1ccc(F)cc1. The Morgan fingerprint density at radius 2 is 1.74 bits per heavy atom. The minimum atomic E-state index is -0.510. The first-order valence-electron chi connectivity index (χ1n) is 6.42. The molecule has 19 heavy (non-hydrogen) atoms. The maximum atomic E-state index is 12.9. The third-order valence-electron chi connectivity index (χ3n) is 2.97. The third kappa shape index (κ3) is 5.39. The van der Waals surface area contributed by atoms with E-state index in [1.54, 1.807) is 12.1 Å². The highest BCUT2D eigenvalue weighted by molar-refractivity contribution is 5.77. The van der Waals surface area contributed by atoms with Crippen LogP contribution in [-0.4, -0.2) is 18.0 Å². The van der Waals surface area contributed by atoms with Gasteiger partial charge in [-0.05, 0) is 31.5 Å². The predicted molar refractivity (Wildman–Crippen MR) is 75.3 cm³/mol. The lowest BCUT2D eigenvalue weighted by molar-refractivity contribution is -0.122. The van der Waals surface area contributed by atoms with Gasteiger partial charge in [0.15, 0.2) is 0 Å². The summed E-state index contributed by atoms with van der Waals surface area (Å²) in [6.45, 7) is 8.14. The van der Waals surface area contributed by atoms with Crippen molar-refractivity contribution in [3.8, 4) is 0 Å². The van der Waals surface area contributed by atoms with E-state index in [0.29, 0.717) is 6.54 Å². The first-order chi connectivity index (χ1) is 8.60. The minimum absolute atomic E-state index is 0.0670. The topological polar surface area (TPSA) is 55.1 Å². The van der Waals surface area contributed by atoms with E-state index in [9.17, 15) is 9.18 Å². The molecule has 1 rings (SSSR count). The second-order valence-corrected chi connectivity index (χ2v) is 6.33. The third-order valence-corrected chi connectivity index (χ3v) is 2.97.